The quantitative estimate of drug-likeness (QED) is 0.616. The third kappa shape index (κ3) is 3.40. The molecule has 1 amide bonds. The molecule has 1 aliphatic rings. The van der Waals surface area contributed by atoms with Crippen molar-refractivity contribution in [3.8, 4) is 0 Å². The zero-order chi connectivity index (χ0) is 19.2. The number of sulfonamides is 1. The summed E-state index contributed by atoms with van der Waals surface area (Å²) in [5.74, 6) is -0.134. The molecule has 3 heterocycles. The van der Waals surface area contributed by atoms with Gasteiger partial charge in [0.15, 0.2) is 0 Å². The van der Waals surface area contributed by atoms with E-state index < -0.39 is 10.0 Å². The normalized spacial score (nSPS) is 16.1. The molecule has 1 aromatic carbocycles. The van der Waals surface area contributed by atoms with Crippen LogP contribution in [0, 0.1) is 6.92 Å². The summed E-state index contributed by atoms with van der Waals surface area (Å²) in [7, 11) is -3.49. The topological polar surface area (TPSA) is 57.7 Å². The fraction of sp³-hybridized carbons (Fsp3) is 0.278. The molecular weight excluding hydrogens is 424 g/mol. The maximum atomic E-state index is 12.9. The zero-order valence-corrected chi connectivity index (χ0v) is 17.7. The molecule has 2 aromatic heterocycles. The molecular formula is C18H17ClN2O3S3. The maximum absolute atomic E-state index is 12.9. The van der Waals surface area contributed by atoms with Gasteiger partial charge in [0.05, 0.1) is 5.02 Å². The van der Waals surface area contributed by atoms with E-state index in [1.807, 2.05) is 31.2 Å². The Morgan fingerprint density at radius 1 is 1.04 bits per heavy atom. The van der Waals surface area contributed by atoms with Gasteiger partial charge < -0.3 is 4.90 Å². The SMILES string of the molecule is Cc1ccc(S(=O)(=O)N2CCN(C(=O)c3sc4ccccc4c3Cl)CC2)s1. The van der Waals surface area contributed by atoms with Gasteiger partial charge in [0.25, 0.3) is 15.9 Å². The van der Waals surface area contributed by atoms with Crippen molar-refractivity contribution < 1.29 is 13.2 Å². The molecule has 3 aromatic rings. The van der Waals surface area contributed by atoms with E-state index in [4.69, 9.17) is 11.6 Å². The summed E-state index contributed by atoms with van der Waals surface area (Å²) in [4.78, 5) is 16.1. The molecule has 142 valence electrons. The highest BCUT2D eigenvalue weighted by Gasteiger charge is 2.32. The summed E-state index contributed by atoms with van der Waals surface area (Å²) in [6.07, 6.45) is 0. The van der Waals surface area contributed by atoms with Crippen molar-refractivity contribution in [1.82, 2.24) is 9.21 Å². The highest BCUT2D eigenvalue weighted by atomic mass is 35.5. The molecule has 0 unspecified atom stereocenters. The fourth-order valence-electron chi connectivity index (χ4n) is 3.10. The Labute approximate surface area is 170 Å². The number of carbonyl (C=O) groups excluding carboxylic acids is 1. The van der Waals surface area contributed by atoms with Crippen molar-refractivity contribution in [2.24, 2.45) is 0 Å². The number of carbonyl (C=O) groups is 1. The summed E-state index contributed by atoms with van der Waals surface area (Å²) < 4.78 is 28.2. The Bertz CT molecular complexity index is 1110. The lowest BCUT2D eigenvalue weighted by Gasteiger charge is -2.33. The fourth-order valence-corrected chi connectivity index (χ4v) is 7.44. The number of amides is 1. The molecule has 4 rings (SSSR count). The molecule has 0 N–H and O–H groups in total. The van der Waals surface area contributed by atoms with Crippen LogP contribution >= 0.6 is 34.3 Å². The largest absolute Gasteiger partial charge is 0.335 e. The van der Waals surface area contributed by atoms with Crippen molar-refractivity contribution >= 4 is 60.3 Å². The number of hydrogen-bond acceptors (Lipinski definition) is 5. The highest BCUT2D eigenvalue weighted by Crippen LogP contribution is 2.36. The van der Waals surface area contributed by atoms with E-state index in [2.05, 4.69) is 0 Å². The van der Waals surface area contributed by atoms with Crippen LogP contribution in [0.4, 0.5) is 0 Å². The van der Waals surface area contributed by atoms with Crippen LogP contribution in [0.15, 0.2) is 40.6 Å². The van der Waals surface area contributed by atoms with Crippen LogP contribution in [-0.2, 0) is 10.0 Å². The standard InChI is InChI=1S/C18H17ClN2O3S3/c1-12-6-7-15(25-12)27(23,24)21-10-8-20(9-11-21)18(22)17-16(19)13-4-2-3-5-14(13)26-17/h2-7H,8-11H2,1H3. The van der Waals surface area contributed by atoms with Gasteiger partial charge in [-0.15, -0.1) is 22.7 Å². The Morgan fingerprint density at radius 3 is 2.37 bits per heavy atom. The lowest BCUT2D eigenvalue weighted by atomic mass is 10.2. The second kappa shape index (κ2) is 7.18. The third-order valence-electron chi connectivity index (χ3n) is 4.56. The van der Waals surface area contributed by atoms with E-state index in [-0.39, 0.29) is 19.0 Å². The number of benzene rings is 1. The number of piperazine rings is 1. The molecule has 0 atom stereocenters. The van der Waals surface area contributed by atoms with Crippen LogP contribution in [0.25, 0.3) is 10.1 Å². The number of nitrogens with zero attached hydrogens (tertiary/aromatic N) is 2. The average molecular weight is 441 g/mol. The Morgan fingerprint density at radius 2 is 1.74 bits per heavy atom. The lowest BCUT2D eigenvalue weighted by Crippen LogP contribution is -2.50. The second-order valence-electron chi connectivity index (χ2n) is 6.30. The molecule has 9 heteroatoms. The first-order chi connectivity index (χ1) is 12.9. The minimum absolute atomic E-state index is 0.134. The first kappa shape index (κ1) is 18.9. The summed E-state index contributed by atoms with van der Waals surface area (Å²) >= 11 is 9.06. The third-order valence-corrected chi connectivity index (χ3v) is 9.59. The van der Waals surface area contributed by atoms with Gasteiger partial charge in [0.2, 0.25) is 0 Å². The molecule has 27 heavy (non-hydrogen) atoms. The molecule has 0 saturated carbocycles. The van der Waals surface area contributed by atoms with Gasteiger partial charge in [-0.3, -0.25) is 4.79 Å². The molecule has 0 spiro atoms. The number of halogens is 1. The predicted octanol–water partition coefficient (Wildman–Crippen LogP) is 4.07. The highest BCUT2D eigenvalue weighted by molar-refractivity contribution is 7.91. The Hall–Kier alpha value is -1.45. The molecule has 0 bridgehead atoms. The van der Waals surface area contributed by atoms with Gasteiger partial charge in [0, 0.05) is 41.1 Å². The van der Waals surface area contributed by atoms with Crippen LogP contribution in [0.1, 0.15) is 14.5 Å². The van der Waals surface area contributed by atoms with E-state index >= 15 is 0 Å². The Kier molecular flexibility index (Phi) is 5.02. The van der Waals surface area contributed by atoms with Crippen molar-refractivity contribution in [1.29, 1.82) is 0 Å². The predicted molar refractivity (Wildman–Crippen MR) is 111 cm³/mol. The van der Waals surface area contributed by atoms with Crippen molar-refractivity contribution in [2.75, 3.05) is 26.2 Å². The van der Waals surface area contributed by atoms with Gasteiger partial charge in [-0.05, 0) is 25.1 Å². The smallest absolute Gasteiger partial charge is 0.265 e. The minimum Gasteiger partial charge on any atom is -0.335 e. The minimum atomic E-state index is -3.49. The zero-order valence-electron chi connectivity index (χ0n) is 14.5. The van der Waals surface area contributed by atoms with E-state index in [0.29, 0.717) is 27.2 Å². The van der Waals surface area contributed by atoms with Crippen LogP contribution in [0.3, 0.4) is 0 Å². The van der Waals surface area contributed by atoms with E-state index in [1.54, 1.807) is 17.0 Å². The van der Waals surface area contributed by atoms with Gasteiger partial charge in [-0.2, -0.15) is 4.31 Å². The van der Waals surface area contributed by atoms with Crippen LogP contribution in [0.2, 0.25) is 5.02 Å². The van der Waals surface area contributed by atoms with Crippen molar-refractivity contribution in [3.63, 3.8) is 0 Å². The van der Waals surface area contributed by atoms with Gasteiger partial charge in [-0.1, -0.05) is 29.8 Å². The Balaban J connectivity index is 1.50. The molecule has 0 radical (unpaired) electrons. The van der Waals surface area contributed by atoms with Crippen LogP contribution in [-0.4, -0.2) is 49.7 Å². The number of fused-ring (bicyclic) bond motifs is 1. The lowest BCUT2D eigenvalue weighted by molar-refractivity contribution is 0.0703. The second-order valence-corrected chi connectivity index (χ2v) is 11.2. The molecule has 1 fully saturated rings. The van der Waals surface area contributed by atoms with Gasteiger partial charge in [-0.25, -0.2) is 8.42 Å². The molecule has 5 nitrogen and oxygen atoms in total. The monoisotopic (exact) mass is 440 g/mol. The number of aryl methyl sites for hydroxylation is 1. The number of rotatable bonds is 3. The molecule has 1 saturated heterocycles. The summed E-state index contributed by atoms with van der Waals surface area (Å²) in [5.41, 5.74) is 0. The summed E-state index contributed by atoms with van der Waals surface area (Å²) in [6.45, 7) is 3.16. The van der Waals surface area contributed by atoms with Gasteiger partial charge in [0.1, 0.15) is 9.09 Å². The average Bonchev–Trinajstić information content (AvgIpc) is 3.26. The molecule has 0 aliphatic carbocycles. The maximum Gasteiger partial charge on any atom is 0.265 e. The van der Waals surface area contributed by atoms with E-state index in [0.717, 1.165) is 15.0 Å². The number of thiophene rings is 2. The van der Waals surface area contributed by atoms with E-state index in [1.165, 1.54) is 27.0 Å². The van der Waals surface area contributed by atoms with Crippen molar-refractivity contribution in [2.45, 2.75) is 11.1 Å². The number of hydrogen-bond donors (Lipinski definition) is 0. The summed E-state index contributed by atoms with van der Waals surface area (Å²) in [5, 5.41) is 1.35. The summed E-state index contributed by atoms with van der Waals surface area (Å²) in [6, 6.07) is 11.1. The molecule has 1 aliphatic heterocycles. The van der Waals surface area contributed by atoms with E-state index in [9.17, 15) is 13.2 Å². The van der Waals surface area contributed by atoms with Gasteiger partial charge >= 0.3 is 0 Å². The van der Waals surface area contributed by atoms with Crippen LogP contribution < -0.4 is 0 Å². The first-order valence-electron chi connectivity index (χ1n) is 8.41. The van der Waals surface area contributed by atoms with Crippen LogP contribution in [0.5, 0.6) is 0 Å². The first-order valence-corrected chi connectivity index (χ1v) is 11.9. The van der Waals surface area contributed by atoms with Crippen molar-refractivity contribution in [3.05, 3.63) is 51.2 Å².